The molecule has 0 fully saturated rings. The number of amidine groups is 1. The smallest absolute Gasteiger partial charge is 0.277 e. The van der Waals surface area contributed by atoms with Gasteiger partial charge in [-0.05, 0) is 24.3 Å². The van der Waals surface area contributed by atoms with Crippen molar-refractivity contribution < 1.29 is 14.6 Å². The van der Waals surface area contributed by atoms with E-state index in [1.54, 1.807) is 72.8 Å². The lowest BCUT2D eigenvalue weighted by atomic mass is 9.60. The first kappa shape index (κ1) is 28.2. The molecule has 4 aromatic carbocycles. The molecule has 1 amide bonds. The van der Waals surface area contributed by atoms with E-state index in [-0.39, 0.29) is 39.7 Å². The number of nitrogens with zero attached hydrogens (tertiary/aromatic N) is 5. The number of carbonyl (C=O) groups is 1. The zero-order valence-electron chi connectivity index (χ0n) is 23.8. The summed E-state index contributed by atoms with van der Waals surface area (Å²) in [6, 6.07) is 27.3. The predicted molar refractivity (Wildman–Crippen MR) is 169 cm³/mol. The number of aromatic amines is 1. The van der Waals surface area contributed by atoms with Gasteiger partial charge in [0, 0.05) is 23.6 Å². The van der Waals surface area contributed by atoms with E-state index in [0.717, 1.165) is 5.01 Å². The minimum absolute atomic E-state index is 0.0107. The summed E-state index contributed by atoms with van der Waals surface area (Å²) >= 11 is 0. The molecule has 2 aliphatic rings. The average molecular weight is 617 g/mol. The van der Waals surface area contributed by atoms with Crippen molar-refractivity contribution in [2.24, 2.45) is 16.3 Å². The molecule has 3 atom stereocenters. The molecule has 3 heterocycles. The molecule has 0 saturated heterocycles. The molecule has 46 heavy (non-hydrogen) atoms. The van der Waals surface area contributed by atoms with E-state index in [2.05, 4.69) is 15.5 Å². The topological polar surface area (TPSA) is 195 Å². The number of nitrogens with two attached hydrogens (primary N) is 1. The van der Waals surface area contributed by atoms with Crippen molar-refractivity contribution in [2.45, 2.75) is 12.0 Å². The number of nitro benzene ring substituents is 2. The summed E-state index contributed by atoms with van der Waals surface area (Å²) in [5, 5.41) is 36.6. The number of hydrogen-bond acceptors (Lipinski definition) is 9. The molecule has 4 N–H and O–H groups in total. The van der Waals surface area contributed by atoms with Gasteiger partial charge in [0.05, 0.1) is 38.4 Å². The minimum atomic E-state index is -2.09. The number of benzene rings is 4. The summed E-state index contributed by atoms with van der Waals surface area (Å²) in [5.41, 5.74) is 4.25. The summed E-state index contributed by atoms with van der Waals surface area (Å²) in [6.07, 6.45) is 0. The van der Waals surface area contributed by atoms with Gasteiger partial charge in [-0.2, -0.15) is 10.1 Å². The lowest BCUT2D eigenvalue weighted by Crippen LogP contribution is -2.56. The summed E-state index contributed by atoms with van der Waals surface area (Å²) in [5.74, 6) is -2.32. The highest BCUT2D eigenvalue weighted by Crippen LogP contribution is 2.59. The van der Waals surface area contributed by atoms with Crippen LogP contribution in [-0.4, -0.2) is 31.4 Å². The standard InChI is InChI=1S/C32H24N8O6/c33-30-32(31(42)38(36-30)20-13-5-2-6-14-20)26(21-15-7-9-17-23(21)39(43)44)25-28(35-37(29(25)41)19-11-3-1-4-12-19)34-27(32)22-16-8-10-18-24(22)40(45)46/h1-18,26-27,34-35H,(H2,33,36)/t26-,27-,32?/m0/s1. The fourth-order valence-corrected chi connectivity index (χ4v) is 6.57. The predicted octanol–water partition coefficient (Wildman–Crippen LogP) is 4.59. The van der Waals surface area contributed by atoms with Crippen LogP contribution in [0.3, 0.4) is 0 Å². The molecule has 5 aromatic rings. The Kier molecular flexibility index (Phi) is 6.47. The molecule has 1 spiro atoms. The monoisotopic (exact) mass is 616 g/mol. The van der Waals surface area contributed by atoms with Gasteiger partial charge in [0.25, 0.3) is 22.8 Å². The number of rotatable bonds is 6. The van der Waals surface area contributed by atoms with Crippen LogP contribution in [0, 0.1) is 25.6 Å². The summed E-state index contributed by atoms with van der Waals surface area (Å²) in [4.78, 5) is 53.1. The van der Waals surface area contributed by atoms with Crippen LogP contribution in [-0.2, 0) is 4.79 Å². The number of nitro groups is 2. The second-order valence-electron chi connectivity index (χ2n) is 10.8. The molecule has 228 valence electrons. The number of hydrogen-bond donors (Lipinski definition) is 3. The Morgan fingerprint density at radius 2 is 1.26 bits per heavy atom. The van der Waals surface area contributed by atoms with Crippen molar-refractivity contribution in [3.05, 3.63) is 156 Å². The lowest BCUT2D eigenvalue weighted by molar-refractivity contribution is -0.386. The van der Waals surface area contributed by atoms with Gasteiger partial charge in [-0.3, -0.25) is 34.9 Å². The van der Waals surface area contributed by atoms with E-state index in [0.29, 0.717) is 11.4 Å². The average Bonchev–Trinajstić information content (AvgIpc) is 3.54. The molecule has 14 nitrogen and oxygen atoms in total. The van der Waals surface area contributed by atoms with Crippen molar-refractivity contribution >= 4 is 34.6 Å². The Balaban J connectivity index is 1.61. The summed E-state index contributed by atoms with van der Waals surface area (Å²) in [6.45, 7) is 0. The molecular weight excluding hydrogens is 592 g/mol. The van der Waals surface area contributed by atoms with Gasteiger partial charge < -0.3 is 11.1 Å². The number of fused-ring (bicyclic) bond motifs is 1. The number of amides is 1. The highest BCUT2D eigenvalue weighted by Gasteiger charge is 2.66. The van der Waals surface area contributed by atoms with Crippen molar-refractivity contribution in [3.63, 3.8) is 0 Å². The van der Waals surface area contributed by atoms with Gasteiger partial charge in [-0.15, -0.1) is 0 Å². The lowest BCUT2D eigenvalue weighted by Gasteiger charge is -2.45. The third-order valence-electron chi connectivity index (χ3n) is 8.50. The maximum atomic E-state index is 15.1. The Morgan fingerprint density at radius 1 is 0.739 bits per heavy atom. The van der Waals surface area contributed by atoms with Crippen molar-refractivity contribution in [1.82, 2.24) is 9.78 Å². The maximum absolute atomic E-state index is 15.1. The van der Waals surface area contributed by atoms with Crippen LogP contribution in [0.4, 0.5) is 22.9 Å². The van der Waals surface area contributed by atoms with E-state index < -0.39 is 38.7 Å². The number of H-pyrrole nitrogens is 1. The van der Waals surface area contributed by atoms with Gasteiger partial charge in [0.1, 0.15) is 17.1 Å². The largest absolute Gasteiger partial charge is 0.385 e. The van der Waals surface area contributed by atoms with Crippen LogP contribution in [0.1, 0.15) is 28.7 Å². The first-order valence-electron chi connectivity index (χ1n) is 14.1. The molecule has 1 aromatic heterocycles. The molecule has 14 heteroatoms. The van der Waals surface area contributed by atoms with Crippen LogP contribution >= 0.6 is 0 Å². The van der Waals surface area contributed by atoms with Gasteiger partial charge >= 0.3 is 0 Å². The number of anilines is 2. The first-order valence-corrected chi connectivity index (χ1v) is 14.1. The number of para-hydroxylation sites is 4. The van der Waals surface area contributed by atoms with E-state index in [1.165, 1.54) is 41.1 Å². The number of aromatic nitrogens is 2. The Hall–Kier alpha value is -6.57. The van der Waals surface area contributed by atoms with E-state index in [4.69, 9.17) is 5.73 Å². The van der Waals surface area contributed by atoms with E-state index in [9.17, 15) is 25.0 Å². The third-order valence-corrected chi connectivity index (χ3v) is 8.50. The highest BCUT2D eigenvalue weighted by atomic mass is 16.6. The zero-order chi connectivity index (χ0) is 32.2. The van der Waals surface area contributed by atoms with Crippen LogP contribution in [0.2, 0.25) is 0 Å². The van der Waals surface area contributed by atoms with E-state index >= 15 is 4.79 Å². The zero-order valence-corrected chi connectivity index (χ0v) is 23.8. The van der Waals surface area contributed by atoms with Gasteiger partial charge in [-0.1, -0.05) is 72.8 Å². The minimum Gasteiger partial charge on any atom is -0.385 e. The second-order valence-corrected chi connectivity index (χ2v) is 10.8. The SMILES string of the molecule is NC1=NN(c2ccccc2)C(=O)C12[C@@H](c1ccccc1[N+](=O)[O-])c1c([nH]n(-c3ccccc3)c1=O)N[C@H]2c1ccccc1[N+](=O)[O-]. The molecule has 0 saturated carbocycles. The number of nitrogens with one attached hydrogen (secondary N) is 2. The summed E-state index contributed by atoms with van der Waals surface area (Å²) < 4.78 is 1.25. The maximum Gasteiger partial charge on any atom is 0.277 e. The Morgan fingerprint density at radius 3 is 1.87 bits per heavy atom. The molecule has 0 aliphatic carbocycles. The van der Waals surface area contributed by atoms with Crippen LogP contribution < -0.4 is 21.6 Å². The van der Waals surface area contributed by atoms with Crippen molar-refractivity contribution in [2.75, 3.05) is 10.3 Å². The van der Waals surface area contributed by atoms with Gasteiger partial charge in [0.15, 0.2) is 0 Å². The van der Waals surface area contributed by atoms with Crippen LogP contribution in [0.25, 0.3) is 5.69 Å². The first-order chi connectivity index (χ1) is 22.2. The highest BCUT2D eigenvalue weighted by molar-refractivity contribution is 6.20. The summed E-state index contributed by atoms with van der Waals surface area (Å²) in [7, 11) is 0. The number of carbonyl (C=O) groups excluding carboxylic acids is 1. The van der Waals surface area contributed by atoms with Crippen LogP contribution in [0.5, 0.6) is 0 Å². The Bertz CT molecular complexity index is 2130. The van der Waals surface area contributed by atoms with Crippen LogP contribution in [0.15, 0.2) is 119 Å². The fourth-order valence-electron chi connectivity index (χ4n) is 6.57. The molecule has 2 aliphatic heterocycles. The molecule has 7 rings (SSSR count). The number of hydrazone groups is 1. The van der Waals surface area contributed by atoms with E-state index in [1.807, 2.05) is 0 Å². The van der Waals surface area contributed by atoms with Crippen molar-refractivity contribution in [3.8, 4) is 5.69 Å². The molecule has 1 unspecified atom stereocenters. The Labute approximate surface area is 259 Å². The molecular formula is C32H24N8O6. The quantitative estimate of drug-likeness (QED) is 0.182. The normalized spacial score (nSPS) is 20.2. The van der Waals surface area contributed by atoms with Gasteiger partial charge in [0.2, 0.25) is 0 Å². The fraction of sp³-hybridized carbons (Fsp3) is 0.0938. The third kappa shape index (κ3) is 4.00. The van der Waals surface area contributed by atoms with Gasteiger partial charge in [-0.25, -0.2) is 4.68 Å². The van der Waals surface area contributed by atoms with Crippen molar-refractivity contribution in [1.29, 1.82) is 0 Å². The second kappa shape index (κ2) is 10.6. The molecule has 0 bridgehead atoms. The molecule has 0 radical (unpaired) electrons.